The molecule has 0 bridgehead atoms. The molecule has 3 N–H and O–H groups in total. The van der Waals surface area contributed by atoms with Crippen molar-refractivity contribution in [2.24, 2.45) is 0 Å². The number of aromatic nitrogens is 1. The van der Waals surface area contributed by atoms with Crippen molar-refractivity contribution >= 4 is 17.4 Å². The Bertz CT molecular complexity index is 630. The van der Waals surface area contributed by atoms with Crippen LogP contribution in [0.1, 0.15) is 22.4 Å². The molecule has 1 atom stereocenters. The van der Waals surface area contributed by atoms with Crippen molar-refractivity contribution in [2.75, 3.05) is 13.7 Å². The summed E-state index contributed by atoms with van der Waals surface area (Å²) in [6.07, 6.45) is -0.830. The predicted molar refractivity (Wildman–Crippen MR) is 85.0 cm³/mol. The molecule has 7 heteroatoms. The number of aliphatic hydroxyl groups excluding tert-OH is 1. The lowest BCUT2D eigenvalue weighted by atomic mass is 10.1. The molecule has 0 spiro atoms. The van der Waals surface area contributed by atoms with Gasteiger partial charge in [0.05, 0.1) is 19.8 Å². The molecule has 0 aliphatic rings. The Kier molecular flexibility index (Phi) is 5.74. The van der Waals surface area contributed by atoms with E-state index < -0.39 is 6.10 Å². The van der Waals surface area contributed by atoms with E-state index in [0.717, 1.165) is 10.7 Å². The van der Waals surface area contributed by atoms with Gasteiger partial charge < -0.3 is 20.5 Å². The van der Waals surface area contributed by atoms with Gasteiger partial charge in [0.25, 0.3) is 0 Å². The number of amides is 2. The van der Waals surface area contributed by atoms with Crippen molar-refractivity contribution in [2.45, 2.75) is 19.6 Å². The Morgan fingerprint density at radius 3 is 2.86 bits per heavy atom. The fourth-order valence-electron chi connectivity index (χ4n) is 1.94. The SMILES string of the molecule is COc1ccccc1[C@@H](O)CNC(=O)NCc1nc(C)cs1. The van der Waals surface area contributed by atoms with E-state index in [1.165, 1.54) is 11.3 Å². The molecule has 0 saturated carbocycles. The lowest BCUT2D eigenvalue weighted by molar-refractivity contribution is 0.169. The monoisotopic (exact) mass is 321 g/mol. The number of nitrogens with zero attached hydrogens (tertiary/aromatic N) is 1. The molecule has 0 fully saturated rings. The number of ether oxygens (including phenoxy) is 1. The van der Waals surface area contributed by atoms with E-state index in [-0.39, 0.29) is 12.6 Å². The van der Waals surface area contributed by atoms with Gasteiger partial charge in [-0.05, 0) is 13.0 Å². The maximum Gasteiger partial charge on any atom is 0.315 e. The topological polar surface area (TPSA) is 83.5 Å². The average molecular weight is 321 g/mol. The molecule has 1 aromatic carbocycles. The summed E-state index contributed by atoms with van der Waals surface area (Å²) in [5.74, 6) is 0.593. The number of methoxy groups -OCH3 is 1. The quantitative estimate of drug-likeness (QED) is 0.760. The number of carbonyl (C=O) groups excluding carboxylic acids is 1. The van der Waals surface area contributed by atoms with Crippen molar-refractivity contribution in [3.8, 4) is 5.75 Å². The Morgan fingerprint density at radius 1 is 1.41 bits per heavy atom. The van der Waals surface area contributed by atoms with Crippen LogP contribution in [0.4, 0.5) is 4.79 Å². The minimum atomic E-state index is -0.830. The molecular formula is C15H19N3O3S. The third kappa shape index (κ3) is 4.44. The third-order valence-corrected chi connectivity index (χ3v) is 3.99. The fraction of sp³-hybridized carbons (Fsp3) is 0.333. The largest absolute Gasteiger partial charge is 0.496 e. The van der Waals surface area contributed by atoms with Crippen molar-refractivity contribution in [1.29, 1.82) is 0 Å². The van der Waals surface area contributed by atoms with Crippen molar-refractivity contribution in [3.63, 3.8) is 0 Å². The lowest BCUT2D eigenvalue weighted by Crippen LogP contribution is -2.37. The molecule has 2 rings (SSSR count). The van der Waals surface area contributed by atoms with E-state index in [2.05, 4.69) is 15.6 Å². The number of aliphatic hydroxyl groups is 1. The highest BCUT2D eigenvalue weighted by molar-refractivity contribution is 7.09. The van der Waals surface area contributed by atoms with E-state index in [4.69, 9.17) is 4.74 Å². The van der Waals surface area contributed by atoms with Crippen molar-refractivity contribution < 1.29 is 14.6 Å². The van der Waals surface area contributed by atoms with Crippen molar-refractivity contribution in [1.82, 2.24) is 15.6 Å². The van der Waals surface area contributed by atoms with Crippen LogP contribution in [-0.4, -0.2) is 29.8 Å². The Hall–Kier alpha value is -2.12. The molecule has 1 aromatic heterocycles. The second-order valence-corrected chi connectivity index (χ2v) is 5.65. The molecule has 2 amide bonds. The first-order valence-electron chi connectivity index (χ1n) is 6.84. The minimum absolute atomic E-state index is 0.100. The van der Waals surface area contributed by atoms with E-state index in [1.54, 1.807) is 19.2 Å². The number of urea groups is 1. The van der Waals surface area contributed by atoms with Gasteiger partial charge in [0, 0.05) is 23.2 Å². The molecule has 0 aliphatic heterocycles. The molecule has 1 heterocycles. The van der Waals surface area contributed by atoms with Gasteiger partial charge in [-0.15, -0.1) is 11.3 Å². The first-order chi connectivity index (χ1) is 10.6. The molecular weight excluding hydrogens is 302 g/mol. The van der Waals surface area contributed by atoms with Crippen LogP contribution in [-0.2, 0) is 6.54 Å². The van der Waals surface area contributed by atoms with Gasteiger partial charge in [-0.1, -0.05) is 18.2 Å². The zero-order valence-electron chi connectivity index (χ0n) is 12.5. The predicted octanol–water partition coefficient (Wildman–Crippen LogP) is 1.99. The summed E-state index contributed by atoms with van der Waals surface area (Å²) in [5, 5.41) is 18.2. The van der Waals surface area contributed by atoms with E-state index in [9.17, 15) is 9.90 Å². The molecule has 118 valence electrons. The van der Waals surface area contributed by atoms with Crippen LogP contribution in [0.2, 0.25) is 0 Å². The number of rotatable bonds is 6. The van der Waals surface area contributed by atoms with Gasteiger partial charge in [0.15, 0.2) is 0 Å². The summed E-state index contributed by atoms with van der Waals surface area (Å²) in [6, 6.07) is 6.82. The summed E-state index contributed by atoms with van der Waals surface area (Å²) in [5.41, 5.74) is 1.58. The Labute approximate surface area is 133 Å². The van der Waals surface area contributed by atoms with Gasteiger partial charge in [0.1, 0.15) is 10.8 Å². The number of hydrogen-bond acceptors (Lipinski definition) is 5. The van der Waals surface area contributed by atoms with E-state index >= 15 is 0 Å². The third-order valence-electron chi connectivity index (χ3n) is 3.02. The van der Waals surface area contributed by atoms with Gasteiger partial charge in [-0.25, -0.2) is 9.78 Å². The molecule has 0 radical (unpaired) electrons. The number of hydrogen-bond donors (Lipinski definition) is 3. The lowest BCUT2D eigenvalue weighted by Gasteiger charge is -2.15. The average Bonchev–Trinajstić information content (AvgIpc) is 2.96. The summed E-state index contributed by atoms with van der Waals surface area (Å²) < 4.78 is 5.19. The summed E-state index contributed by atoms with van der Waals surface area (Å²) in [6.45, 7) is 2.38. The molecule has 2 aromatic rings. The Balaban J connectivity index is 1.80. The van der Waals surface area contributed by atoms with Gasteiger partial charge >= 0.3 is 6.03 Å². The van der Waals surface area contributed by atoms with Crippen LogP contribution >= 0.6 is 11.3 Å². The molecule has 0 unspecified atom stereocenters. The maximum atomic E-state index is 11.7. The van der Waals surface area contributed by atoms with Gasteiger partial charge in [0.2, 0.25) is 0 Å². The van der Waals surface area contributed by atoms with Crippen molar-refractivity contribution in [3.05, 3.63) is 45.9 Å². The van der Waals surface area contributed by atoms with E-state index in [1.807, 2.05) is 24.4 Å². The van der Waals surface area contributed by atoms with Crippen LogP contribution in [0.15, 0.2) is 29.6 Å². The summed E-state index contributed by atoms with van der Waals surface area (Å²) in [4.78, 5) is 16.0. The minimum Gasteiger partial charge on any atom is -0.496 e. The summed E-state index contributed by atoms with van der Waals surface area (Å²) in [7, 11) is 1.54. The van der Waals surface area contributed by atoms with Crippen LogP contribution in [0, 0.1) is 6.92 Å². The highest BCUT2D eigenvalue weighted by atomic mass is 32.1. The normalized spacial score (nSPS) is 11.8. The van der Waals surface area contributed by atoms with E-state index in [0.29, 0.717) is 17.9 Å². The number of para-hydroxylation sites is 1. The Morgan fingerprint density at radius 2 is 2.18 bits per heavy atom. The zero-order chi connectivity index (χ0) is 15.9. The van der Waals surface area contributed by atoms with Crippen LogP contribution in [0.25, 0.3) is 0 Å². The number of thiazole rings is 1. The maximum absolute atomic E-state index is 11.7. The number of benzene rings is 1. The van der Waals surface area contributed by atoms with Gasteiger partial charge in [-0.2, -0.15) is 0 Å². The van der Waals surface area contributed by atoms with Crippen LogP contribution in [0.3, 0.4) is 0 Å². The van der Waals surface area contributed by atoms with Crippen LogP contribution in [0.5, 0.6) is 5.75 Å². The molecule has 0 saturated heterocycles. The highest BCUT2D eigenvalue weighted by Gasteiger charge is 2.13. The highest BCUT2D eigenvalue weighted by Crippen LogP contribution is 2.23. The smallest absolute Gasteiger partial charge is 0.315 e. The molecule has 0 aliphatic carbocycles. The fourth-order valence-corrected chi connectivity index (χ4v) is 2.65. The number of nitrogens with one attached hydrogen (secondary N) is 2. The summed E-state index contributed by atoms with van der Waals surface area (Å²) >= 11 is 1.50. The first kappa shape index (κ1) is 16.3. The zero-order valence-corrected chi connectivity index (χ0v) is 13.3. The first-order valence-corrected chi connectivity index (χ1v) is 7.71. The standard InChI is InChI=1S/C15H19N3O3S/c1-10-9-22-14(18-10)8-17-15(20)16-7-12(19)11-5-3-4-6-13(11)21-2/h3-6,9,12,19H,7-8H2,1-2H3,(H2,16,17,20)/t12-/m0/s1. The molecule has 6 nitrogen and oxygen atoms in total. The van der Waals surface area contributed by atoms with Gasteiger partial charge in [-0.3, -0.25) is 0 Å². The molecule has 22 heavy (non-hydrogen) atoms. The number of aryl methyl sites for hydroxylation is 1. The second-order valence-electron chi connectivity index (χ2n) is 4.70. The van der Waals surface area contributed by atoms with Crippen LogP contribution < -0.4 is 15.4 Å². The second kappa shape index (κ2) is 7.77. The number of carbonyl (C=O) groups is 1.